The fourth-order valence-electron chi connectivity index (χ4n) is 5.11. The van der Waals surface area contributed by atoms with Crippen molar-refractivity contribution in [1.29, 1.82) is 0 Å². The summed E-state index contributed by atoms with van der Waals surface area (Å²) in [6.07, 6.45) is -1.39. The number of hydrogen-bond acceptors (Lipinski definition) is 2. The number of imidazole rings is 1. The first kappa shape index (κ1) is 21.4. The highest BCUT2D eigenvalue weighted by Gasteiger charge is 2.20. The van der Waals surface area contributed by atoms with Gasteiger partial charge >= 0.3 is 0 Å². The zero-order chi connectivity index (χ0) is 26.5. The molecule has 2 nitrogen and oxygen atoms in total. The molecule has 3 aromatic carbocycles. The van der Waals surface area contributed by atoms with Crippen LogP contribution in [0.25, 0.3) is 32.5 Å². The van der Waals surface area contributed by atoms with Gasteiger partial charge in [-0.05, 0) is 70.6 Å². The summed E-state index contributed by atoms with van der Waals surface area (Å²) in [5, 5.41) is 3.26. The first-order valence-electron chi connectivity index (χ1n) is 13.7. The van der Waals surface area contributed by atoms with Crippen molar-refractivity contribution in [2.24, 2.45) is 5.92 Å². The largest absolute Gasteiger partial charge is 0.319 e. The van der Waals surface area contributed by atoms with Gasteiger partial charge in [0.2, 0.25) is 0 Å². The zero-order valence-electron chi connectivity index (χ0n) is 23.6. The van der Waals surface area contributed by atoms with Gasteiger partial charge in [-0.25, -0.2) is 4.98 Å². The average Bonchev–Trinajstić information content (AvgIpc) is 3.44. The Kier molecular flexibility index (Phi) is 5.88. The minimum absolute atomic E-state index is 0.112. The van der Waals surface area contributed by atoms with E-state index in [0.29, 0.717) is 11.8 Å². The Labute approximate surface area is 216 Å². The molecule has 0 aliphatic heterocycles. The number of para-hydroxylation sites is 2. The van der Waals surface area contributed by atoms with E-state index in [1.807, 2.05) is 32.0 Å². The molecule has 5 aromatic rings. The Morgan fingerprint density at radius 2 is 1.60 bits per heavy atom. The maximum absolute atomic E-state index is 8.68. The van der Waals surface area contributed by atoms with E-state index in [1.165, 1.54) is 16.7 Å². The lowest BCUT2D eigenvalue weighted by molar-refractivity contribution is 0.648. The topological polar surface area (TPSA) is 17.8 Å². The molecule has 3 heteroatoms. The molecule has 5 rings (SSSR count). The van der Waals surface area contributed by atoms with Gasteiger partial charge in [0.05, 0.1) is 17.6 Å². The molecule has 0 fully saturated rings. The standard InChI is InChI=1S/C32H36N2S/c1-20(2)16-23-14-15-31-26(17-23)28(19-35-31)32-33-29-12-7-8-13-30(29)34(32)18-27-24(21(3)4)10-9-11-25(27)22(5)6/h7-15,17,19-22H,16,18H2,1-6H3/i16D2. The van der Waals surface area contributed by atoms with E-state index < -0.39 is 6.37 Å². The van der Waals surface area contributed by atoms with E-state index in [9.17, 15) is 0 Å². The number of benzene rings is 3. The number of thiophene rings is 1. The van der Waals surface area contributed by atoms with Gasteiger partial charge in [0.15, 0.2) is 0 Å². The maximum Gasteiger partial charge on any atom is 0.142 e. The van der Waals surface area contributed by atoms with Crippen LogP contribution in [0.2, 0.25) is 0 Å². The van der Waals surface area contributed by atoms with Gasteiger partial charge < -0.3 is 4.57 Å². The molecule has 35 heavy (non-hydrogen) atoms. The molecule has 180 valence electrons. The first-order valence-corrected chi connectivity index (χ1v) is 13.6. The summed E-state index contributed by atoms with van der Waals surface area (Å²) in [4.78, 5) is 5.15. The van der Waals surface area contributed by atoms with Gasteiger partial charge in [0.25, 0.3) is 0 Å². The van der Waals surface area contributed by atoms with Crippen LogP contribution in [0.15, 0.2) is 66.0 Å². The van der Waals surface area contributed by atoms with Crippen LogP contribution in [0.5, 0.6) is 0 Å². The third-order valence-electron chi connectivity index (χ3n) is 6.73. The van der Waals surface area contributed by atoms with Crippen molar-refractivity contribution in [3.63, 3.8) is 0 Å². The number of aromatic nitrogens is 2. The lowest BCUT2D eigenvalue weighted by Gasteiger charge is -2.21. The van der Waals surface area contributed by atoms with Gasteiger partial charge in [0, 0.05) is 23.8 Å². The van der Waals surface area contributed by atoms with Crippen LogP contribution < -0.4 is 0 Å². The van der Waals surface area contributed by atoms with Gasteiger partial charge in [-0.2, -0.15) is 0 Å². The van der Waals surface area contributed by atoms with Crippen LogP contribution in [0.3, 0.4) is 0 Å². The molecule has 0 saturated carbocycles. The van der Waals surface area contributed by atoms with Gasteiger partial charge in [-0.3, -0.25) is 0 Å². The molecule has 0 radical (unpaired) electrons. The Balaban J connectivity index is 1.74. The van der Waals surface area contributed by atoms with Crippen molar-refractivity contribution >= 4 is 32.5 Å². The van der Waals surface area contributed by atoms with E-state index >= 15 is 0 Å². The molecular formula is C32H36N2S. The first-order chi connectivity index (χ1) is 17.6. The highest BCUT2D eigenvalue weighted by Crippen LogP contribution is 2.37. The summed E-state index contributed by atoms with van der Waals surface area (Å²) in [7, 11) is 0. The molecule has 0 N–H and O–H groups in total. The minimum Gasteiger partial charge on any atom is -0.319 e. The predicted octanol–water partition coefficient (Wildman–Crippen LogP) is 9.41. The van der Waals surface area contributed by atoms with Crippen molar-refractivity contribution in [3.05, 3.63) is 88.3 Å². The highest BCUT2D eigenvalue weighted by molar-refractivity contribution is 7.17. The molecule has 0 aliphatic carbocycles. The molecule has 0 atom stereocenters. The van der Waals surface area contributed by atoms with E-state index in [0.717, 1.165) is 44.6 Å². The third-order valence-corrected chi connectivity index (χ3v) is 7.70. The van der Waals surface area contributed by atoms with E-state index in [1.54, 1.807) is 11.3 Å². The van der Waals surface area contributed by atoms with E-state index in [2.05, 4.69) is 80.1 Å². The van der Waals surface area contributed by atoms with Gasteiger partial charge in [-0.15, -0.1) is 11.3 Å². The molecule has 0 bridgehead atoms. The van der Waals surface area contributed by atoms with Crippen LogP contribution in [-0.4, -0.2) is 9.55 Å². The Morgan fingerprint density at radius 3 is 2.29 bits per heavy atom. The third kappa shape index (κ3) is 4.54. The van der Waals surface area contributed by atoms with Crippen molar-refractivity contribution in [2.75, 3.05) is 0 Å². The molecule has 2 aromatic heterocycles. The van der Waals surface area contributed by atoms with Crippen LogP contribution in [-0.2, 0) is 12.9 Å². The molecular weight excluding hydrogens is 444 g/mol. The molecule has 0 amide bonds. The van der Waals surface area contributed by atoms with Crippen molar-refractivity contribution in [1.82, 2.24) is 9.55 Å². The van der Waals surface area contributed by atoms with Crippen LogP contribution in [0.1, 0.15) is 78.4 Å². The minimum atomic E-state index is -1.39. The Hall–Kier alpha value is -2.91. The maximum atomic E-state index is 8.68. The van der Waals surface area contributed by atoms with Gasteiger partial charge in [0.1, 0.15) is 5.82 Å². The monoisotopic (exact) mass is 482 g/mol. The molecule has 0 saturated heterocycles. The predicted molar refractivity (Wildman–Crippen MR) is 153 cm³/mol. The fraction of sp³-hybridized carbons (Fsp3) is 0.344. The number of fused-ring (bicyclic) bond motifs is 2. The lowest BCUT2D eigenvalue weighted by Crippen LogP contribution is -2.10. The summed E-state index contributed by atoms with van der Waals surface area (Å²) in [5.41, 5.74) is 8.07. The molecule has 0 unspecified atom stereocenters. The average molecular weight is 483 g/mol. The van der Waals surface area contributed by atoms with Crippen molar-refractivity contribution in [2.45, 2.75) is 66.3 Å². The number of rotatable bonds is 7. The SMILES string of the molecule is [2H]C([2H])(c1ccc2scc(-c3nc4ccccc4n3Cc3c(C(C)C)cccc3C(C)C)c2c1)C(C)C. The normalized spacial score (nSPS) is 13.4. The van der Waals surface area contributed by atoms with Crippen molar-refractivity contribution in [3.8, 4) is 11.4 Å². The van der Waals surface area contributed by atoms with E-state index in [-0.39, 0.29) is 5.92 Å². The Morgan fingerprint density at radius 1 is 0.886 bits per heavy atom. The molecule has 0 aliphatic rings. The molecule has 2 heterocycles. The summed E-state index contributed by atoms with van der Waals surface area (Å²) in [6, 6.07) is 21.2. The van der Waals surface area contributed by atoms with Crippen LogP contribution in [0, 0.1) is 5.92 Å². The summed E-state index contributed by atoms with van der Waals surface area (Å²) in [6.45, 7) is 13.7. The van der Waals surface area contributed by atoms with Crippen LogP contribution >= 0.6 is 11.3 Å². The lowest BCUT2D eigenvalue weighted by atomic mass is 9.88. The smallest absolute Gasteiger partial charge is 0.142 e. The Bertz CT molecular complexity index is 1550. The van der Waals surface area contributed by atoms with Crippen LogP contribution in [0.4, 0.5) is 0 Å². The van der Waals surface area contributed by atoms with Crippen molar-refractivity contribution < 1.29 is 2.74 Å². The highest BCUT2D eigenvalue weighted by atomic mass is 32.1. The summed E-state index contributed by atoms with van der Waals surface area (Å²) in [5.74, 6) is 1.69. The summed E-state index contributed by atoms with van der Waals surface area (Å²) >= 11 is 1.70. The van der Waals surface area contributed by atoms with Gasteiger partial charge in [-0.1, -0.05) is 77.9 Å². The number of hydrogen-bond donors (Lipinski definition) is 0. The zero-order valence-corrected chi connectivity index (χ0v) is 22.4. The second-order valence-corrected chi connectivity index (χ2v) is 11.3. The quantitative estimate of drug-likeness (QED) is 0.226. The fourth-order valence-corrected chi connectivity index (χ4v) is 6.03. The number of nitrogens with zero attached hydrogens (tertiary/aromatic N) is 2. The summed E-state index contributed by atoms with van der Waals surface area (Å²) < 4.78 is 20.9. The second kappa shape index (κ2) is 9.62. The molecule has 0 spiro atoms. The second-order valence-electron chi connectivity index (χ2n) is 10.4. The van der Waals surface area contributed by atoms with E-state index in [4.69, 9.17) is 7.73 Å².